The Morgan fingerprint density at radius 3 is 2.58 bits per heavy atom. The summed E-state index contributed by atoms with van der Waals surface area (Å²) < 4.78 is 1.82. The molecule has 0 atom stereocenters. The molecular formula is C21H28ClN7O2. The molecule has 4 rings (SSSR count). The van der Waals surface area contributed by atoms with Crippen LogP contribution >= 0.6 is 12.4 Å². The van der Waals surface area contributed by atoms with Crippen LogP contribution in [0.25, 0.3) is 11.0 Å². The molecule has 0 unspecified atom stereocenters. The van der Waals surface area contributed by atoms with Crippen LogP contribution in [0.5, 0.6) is 0 Å². The normalized spacial score (nSPS) is 14.7. The number of aromatic nitrogens is 5. The first-order chi connectivity index (χ1) is 14.5. The van der Waals surface area contributed by atoms with Crippen molar-refractivity contribution in [3.05, 3.63) is 41.7 Å². The van der Waals surface area contributed by atoms with Gasteiger partial charge in [-0.05, 0) is 43.0 Å². The van der Waals surface area contributed by atoms with Gasteiger partial charge in [-0.2, -0.15) is 0 Å². The summed E-state index contributed by atoms with van der Waals surface area (Å²) in [6.45, 7) is 6.96. The predicted octanol–water partition coefficient (Wildman–Crippen LogP) is 2.62. The van der Waals surface area contributed by atoms with Crippen molar-refractivity contribution in [2.24, 2.45) is 13.0 Å². The zero-order valence-corrected chi connectivity index (χ0v) is 18.6. The summed E-state index contributed by atoms with van der Waals surface area (Å²) in [5.41, 5.74) is 3.38. The van der Waals surface area contributed by atoms with E-state index in [2.05, 4.69) is 49.1 Å². The van der Waals surface area contributed by atoms with E-state index in [1.54, 1.807) is 0 Å². The summed E-state index contributed by atoms with van der Waals surface area (Å²) in [5.74, 6) is 0.240. The van der Waals surface area contributed by atoms with E-state index < -0.39 is 5.97 Å². The Labute approximate surface area is 187 Å². The van der Waals surface area contributed by atoms with Crippen LogP contribution in [0.1, 0.15) is 35.7 Å². The maximum Gasteiger partial charge on any atom is 0.338 e. The Bertz CT molecular complexity index is 1020. The zero-order chi connectivity index (χ0) is 21.1. The third-order valence-corrected chi connectivity index (χ3v) is 5.83. The van der Waals surface area contributed by atoms with Crippen molar-refractivity contribution in [1.29, 1.82) is 0 Å². The number of aryl methyl sites for hydroxylation is 1. The van der Waals surface area contributed by atoms with Crippen LogP contribution in [0.4, 0.5) is 5.95 Å². The summed E-state index contributed by atoms with van der Waals surface area (Å²) in [5, 5.41) is 17.2. The molecule has 166 valence electrons. The van der Waals surface area contributed by atoms with E-state index in [0.29, 0.717) is 11.9 Å². The van der Waals surface area contributed by atoms with Crippen LogP contribution in [0.2, 0.25) is 0 Å². The van der Waals surface area contributed by atoms with Gasteiger partial charge in [0.15, 0.2) is 0 Å². The molecule has 1 fully saturated rings. The number of carboxylic acids is 1. The average Bonchev–Trinajstić information content (AvgIpc) is 3.14. The number of hydrogen-bond acceptors (Lipinski definition) is 7. The Balaban J connectivity index is 0.00000272. The van der Waals surface area contributed by atoms with Crippen LogP contribution in [-0.4, -0.2) is 67.1 Å². The van der Waals surface area contributed by atoms with Gasteiger partial charge in [0, 0.05) is 45.6 Å². The average molecular weight is 446 g/mol. The van der Waals surface area contributed by atoms with Crippen molar-refractivity contribution in [2.45, 2.75) is 26.3 Å². The lowest BCUT2D eigenvalue weighted by atomic mass is 9.96. The van der Waals surface area contributed by atoms with Crippen molar-refractivity contribution < 1.29 is 9.90 Å². The second-order valence-corrected chi connectivity index (χ2v) is 7.87. The lowest BCUT2D eigenvalue weighted by Gasteiger charge is -2.34. The van der Waals surface area contributed by atoms with Crippen LogP contribution in [0.15, 0.2) is 30.6 Å². The van der Waals surface area contributed by atoms with Gasteiger partial charge in [0.05, 0.1) is 11.1 Å². The third kappa shape index (κ3) is 5.29. The van der Waals surface area contributed by atoms with E-state index in [1.165, 1.54) is 18.0 Å². The van der Waals surface area contributed by atoms with Crippen molar-refractivity contribution in [1.82, 2.24) is 29.9 Å². The minimum Gasteiger partial charge on any atom is -0.478 e. The fourth-order valence-corrected chi connectivity index (χ4v) is 4.01. The SMILES string of the molecule is CCN(Cc1ccc2nnn(C)c2c1)CC1CCN(c2ncc(C(=O)O)cn2)CC1.Cl. The van der Waals surface area contributed by atoms with Crippen LogP contribution in [0.3, 0.4) is 0 Å². The molecule has 3 heterocycles. The van der Waals surface area contributed by atoms with Gasteiger partial charge < -0.3 is 10.0 Å². The smallest absolute Gasteiger partial charge is 0.338 e. The van der Waals surface area contributed by atoms with Crippen molar-refractivity contribution in [3.8, 4) is 0 Å². The molecule has 3 aromatic rings. The minimum atomic E-state index is -1.00. The summed E-state index contributed by atoms with van der Waals surface area (Å²) >= 11 is 0. The zero-order valence-electron chi connectivity index (χ0n) is 17.8. The molecule has 9 nitrogen and oxygen atoms in total. The number of rotatable bonds is 7. The molecule has 0 aliphatic carbocycles. The Kier molecular flexibility index (Phi) is 7.40. The summed E-state index contributed by atoms with van der Waals surface area (Å²) in [6.07, 6.45) is 4.91. The minimum absolute atomic E-state index is 0. The lowest BCUT2D eigenvalue weighted by Crippen LogP contribution is -2.39. The molecule has 1 aromatic carbocycles. The van der Waals surface area contributed by atoms with E-state index in [1.807, 2.05) is 17.8 Å². The van der Waals surface area contributed by atoms with Gasteiger partial charge in [-0.25, -0.2) is 19.4 Å². The van der Waals surface area contributed by atoms with E-state index in [9.17, 15) is 4.79 Å². The number of halogens is 1. The second-order valence-electron chi connectivity index (χ2n) is 7.87. The largest absolute Gasteiger partial charge is 0.478 e. The Morgan fingerprint density at radius 2 is 1.94 bits per heavy atom. The second kappa shape index (κ2) is 10.0. The van der Waals surface area contributed by atoms with Crippen molar-refractivity contribution in [2.75, 3.05) is 31.1 Å². The molecule has 31 heavy (non-hydrogen) atoms. The summed E-state index contributed by atoms with van der Waals surface area (Å²) in [4.78, 5) is 24.0. The quantitative estimate of drug-likeness (QED) is 0.592. The number of carbonyl (C=O) groups is 1. The molecule has 0 amide bonds. The fourth-order valence-electron chi connectivity index (χ4n) is 4.01. The first-order valence-electron chi connectivity index (χ1n) is 10.3. The van der Waals surface area contributed by atoms with Gasteiger partial charge in [0.2, 0.25) is 5.95 Å². The number of anilines is 1. The maximum absolute atomic E-state index is 11.0. The third-order valence-electron chi connectivity index (χ3n) is 5.83. The number of benzene rings is 1. The highest BCUT2D eigenvalue weighted by atomic mass is 35.5. The van der Waals surface area contributed by atoms with Crippen LogP contribution < -0.4 is 4.90 Å². The Hall–Kier alpha value is -2.78. The summed E-state index contributed by atoms with van der Waals surface area (Å²) in [7, 11) is 1.92. The van der Waals surface area contributed by atoms with Gasteiger partial charge in [-0.3, -0.25) is 4.90 Å². The van der Waals surface area contributed by atoms with Gasteiger partial charge in [0.25, 0.3) is 0 Å². The fraction of sp³-hybridized carbons (Fsp3) is 0.476. The van der Waals surface area contributed by atoms with Gasteiger partial charge in [-0.15, -0.1) is 17.5 Å². The molecule has 1 aliphatic rings. The number of nitrogens with zero attached hydrogens (tertiary/aromatic N) is 7. The molecule has 0 bridgehead atoms. The Morgan fingerprint density at radius 1 is 1.23 bits per heavy atom. The van der Waals surface area contributed by atoms with Crippen LogP contribution in [-0.2, 0) is 13.6 Å². The number of piperidine rings is 1. The van der Waals surface area contributed by atoms with E-state index in [0.717, 1.165) is 56.6 Å². The molecule has 2 aromatic heterocycles. The molecule has 0 spiro atoms. The molecule has 0 radical (unpaired) electrons. The highest BCUT2D eigenvalue weighted by Crippen LogP contribution is 2.22. The first-order valence-corrected chi connectivity index (χ1v) is 10.3. The van der Waals surface area contributed by atoms with E-state index in [4.69, 9.17) is 5.11 Å². The maximum atomic E-state index is 11.0. The van der Waals surface area contributed by atoms with Gasteiger partial charge in [-0.1, -0.05) is 18.2 Å². The number of carboxylic acid groups (broad SMARTS) is 1. The van der Waals surface area contributed by atoms with Crippen LogP contribution in [0, 0.1) is 5.92 Å². The lowest BCUT2D eigenvalue weighted by molar-refractivity contribution is 0.0696. The van der Waals surface area contributed by atoms with Gasteiger partial charge >= 0.3 is 5.97 Å². The molecule has 1 saturated heterocycles. The van der Waals surface area contributed by atoms with E-state index >= 15 is 0 Å². The van der Waals surface area contributed by atoms with Gasteiger partial charge in [0.1, 0.15) is 5.52 Å². The number of fused-ring (bicyclic) bond motifs is 1. The first kappa shape index (κ1) is 22.9. The number of hydrogen-bond donors (Lipinski definition) is 1. The topological polar surface area (TPSA) is 100 Å². The predicted molar refractivity (Wildman–Crippen MR) is 121 cm³/mol. The molecule has 1 N–H and O–H groups in total. The molecular weight excluding hydrogens is 418 g/mol. The number of aromatic carboxylic acids is 1. The molecule has 0 saturated carbocycles. The van der Waals surface area contributed by atoms with Crippen molar-refractivity contribution >= 4 is 35.4 Å². The highest BCUT2D eigenvalue weighted by Gasteiger charge is 2.23. The monoisotopic (exact) mass is 445 g/mol. The standard InChI is InChI=1S/C21H27N7O2.ClH/c1-3-27(14-16-4-5-18-19(10-16)26(2)25-24-18)13-15-6-8-28(9-7-15)21-22-11-17(12-23-21)20(29)30;/h4-5,10-12,15H,3,6-9,13-14H2,1-2H3,(H,29,30);1H. The molecule has 1 aliphatic heterocycles. The summed E-state index contributed by atoms with van der Waals surface area (Å²) in [6, 6.07) is 6.36. The molecule has 10 heteroatoms. The highest BCUT2D eigenvalue weighted by molar-refractivity contribution is 5.86. The van der Waals surface area contributed by atoms with E-state index in [-0.39, 0.29) is 18.0 Å². The van der Waals surface area contributed by atoms with Crippen molar-refractivity contribution in [3.63, 3.8) is 0 Å².